The fourth-order valence-electron chi connectivity index (χ4n) is 1.32. The highest BCUT2D eigenvalue weighted by Gasteiger charge is 2.30. The van der Waals surface area contributed by atoms with Crippen molar-refractivity contribution in [2.75, 3.05) is 13.2 Å². The van der Waals surface area contributed by atoms with Crippen LogP contribution in [0.2, 0.25) is 0 Å². The van der Waals surface area contributed by atoms with Crippen LogP contribution < -0.4 is 0 Å². The SMILES string of the molecule is CCOC(=O)C(=C(C)C)C(C=O)C(=O)OCC. The summed E-state index contributed by atoms with van der Waals surface area (Å²) in [5.41, 5.74) is 0.619. The van der Waals surface area contributed by atoms with E-state index in [0.29, 0.717) is 11.9 Å². The van der Waals surface area contributed by atoms with Crippen molar-refractivity contribution < 1.29 is 23.9 Å². The first-order chi connectivity index (χ1) is 7.99. The van der Waals surface area contributed by atoms with Gasteiger partial charge in [0, 0.05) is 0 Å². The molecular formula is C12H18O5. The van der Waals surface area contributed by atoms with Crippen LogP contribution in [0.15, 0.2) is 11.1 Å². The zero-order valence-electron chi connectivity index (χ0n) is 10.6. The number of hydrogen-bond donors (Lipinski definition) is 0. The Hall–Kier alpha value is -1.65. The predicted molar refractivity (Wildman–Crippen MR) is 61.2 cm³/mol. The normalized spacial score (nSPS) is 11.3. The fourth-order valence-corrected chi connectivity index (χ4v) is 1.32. The number of hydrogen-bond acceptors (Lipinski definition) is 5. The Kier molecular flexibility index (Phi) is 6.86. The van der Waals surface area contributed by atoms with E-state index in [1.165, 1.54) is 0 Å². The number of aldehydes is 1. The van der Waals surface area contributed by atoms with Crippen molar-refractivity contribution in [2.24, 2.45) is 5.92 Å². The topological polar surface area (TPSA) is 69.7 Å². The predicted octanol–water partition coefficient (Wildman–Crippen LogP) is 1.26. The Labute approximate surface area is 101 Å². The first kappa shape index (κ1) is 15.3. The molecule has 0 aliphatic heterocycles. The highest BCUT2D eigenvalue weighted by molar-refractivity contribution is 6.03. The summed E-state index contributed by atoms with van der Waals surface area (Å²) in [5, 5.41) is 0. The van der Waals surface area contributed by atoms with Crippen molar-refractivity contribution in [3.05, 3.63) is 11.1 Å². The molecule has 0 aromatic rings. The van der Waals surface area contributed by atoms with E-state index in [2.05, 4.69) is 0 Å². The van der Waals surface area contributed by atoms with Gasteiger partial charge in [-0.2, -0.15) is 0 Å². The summed E-state index contributed by atoms with van der Waals surface area (Å²) < 4.78 is 9.56. The van der Waals surface area contributed by atoms with Gasteiger partial charge in [-0.15, -0.1) is 0 Å². The molecule has 0 bridgehead atoms. The smallest absolute Gasteiger partial charge is 0.335 e. The molecule has 5 heteroatoms. The van der Waals surface area contributed by atoms with Gasteiger partial charge < -0.3 is 14.3 Å². The van der Waals surface area contributed by atoms with Crippen LogP contribution in [0, 0.1) is 5.92 Å². The molecule has 5 nitrogen and oxygen atoms in total. The number of esters is 2. The van der Waals surface area contributed by atoms with Crippen molar-refractivity contribution in [1.82, 2.24) is 0 Å². The van der Waals surface area contributed by atoms with Gasteiger partial charge in [-0.3, -0.25) is 4.79 Å². The van der Waals surface area contributed by atoms with Gasteiger partial charge in [0.05, 0.1) is 18.8 Å². The summed E-state index contributed by atoms with van der Waals surface area (Å²) in [6.45, 7) is 6.91. The van der Waals surface area contributed by atoms with Crippen molar-refractivity contribution >= 4 is 18.2 Å². The van der Waals surface area contributed by atoms with E-state index in [0.717, 1.165) is 0 Å². The molecule has 1 atom stereocenters. The maximum atomic E-state index is 11.6. The molecule has 0 spiro atoms. The summed E-state index contributed by atoms with van der Waals surface area (Å²) in [6.07, 6.45) is 0.400. The molecule has 0 N–H and O–H groups in total. The molecule has 0 rings (SSSR count). The Balaban J connectivity index is 5.17. The maximum Gasteiger partial charge on any atom is 0.335 e. The monoisotopic (exact) mass is 242 g/mol. The molecule has 0 amide bonds. The molecule has 0 saturated heterocycles. The van der Waals surface area contributed by atoms with Crippen molar-refractivity contribution in [2.45, 2.75) is 27.7 Å². The minimum atomic E-state index is -1.21. The number of carbonyl (C=O) groups excluding carboxylic acids is 3. The fraction of sp³-hybridized carbons (Fsp3) is 0.583. The van der Waals surface area contributed by atoms with E-state index in [-0.39, 0.29) is 18.8 Å². The lowest BCUT2D eigenvalue weighted by Gasteiger charge is -2.14. The summed E-state index contributed by atoms with van der Waals surface area (Å²) in [7, 11) is 0. The quantitative estimate of drug-likeness (QED) is 0.303. The van der Waals surface area contributed by atoms with Crippen LogP contribution in [0.5, 0.6) is 0 Å². The molecule has 0 aromatic carbocycles. The van der Waals surface area contributed by atoms with Crippen LogP contribution in [0.3, 0.4) is 0 Å². The van der Waals surface area contributed by atoms with Gasteiger partial charge >= 0.3 is 11.9 Å². The molecule has 0 radical (unpaired) electrons. The van der Waals surface area contributed by atoms with Gasteiger partial charge in [0.1, 0.15) is 12.2 Å². The van der Waals surface area contributed by atoms with Crippen LogP contribution in [-0.2, 0) is 23.9 Å². The second-order valence-electron chi connectivity index (χ2n) is 3.50. The van der Waals surface area contributed by atoms with E-state index in [9.17, 15) is 14.4 Å². The Morgan fingerprint density at radius 1 is 1.12 bits per heavy atom. The third-order valence-corrected chi connectivity index (χ3v) is 2.02. The highest BCUT2D eigenvalue weighted by atomic mass is 16.5. The summed E-state index contributed by atoms with van der Waals surface area (Å²) in [6, 6.07) is 0. The van der Waals surface area contributed by atoms with Gasteiger partial charge in [0.2, 0.25) is 0 Å². The highest BCUT2D eigenvalue weighted by Crippen LogP contribution is 2.17. The minimum absolute atomic E-state index is 0.0558. The molecule has 0 fully saturated rings. The number of allylic oxidation sites excluding steroid dienone is 1. The molecule has 0 aliphatic rings. The van der Waals surface area contributed by atoms with Crippen molar-refractivity contribution in [3.63, 3.8) is 0 Å². The van der Waals surface area contributed by atoms with Crippen LogP contribution >= 0.6 is 0 Å². The molecule has 0 aromatic heterocycles. The van der Waals surface area contributed by atoms with Gasteiger partial charge in [-0.1, -0.05) is 5.57 Å². The first-order valence-electron chi connectivity index (χ1n) is 5.45. The Morgan fingerprint density at radius 2 is 1.65 bits per heavy atom. The minimum Gasteiger partial charge on any atom is -0.465 e. The summed E-state index contributed by atoms with van der Waals surface area (Å²) in [4.78, 5) is 34.1. The molecule has 0 aliphatic carbocycles. The first-order valence-corrected chi connectivity index (χ1v) is 5.45. The standard InChI is InChI=1S/C12H18O5/c1-5-16-11(14)9(7-13)10(8(3)4)12(15)17-6-2/h7,9H,5-6H2,1-4H3. The molecule has 96 valence electrons. The average Bonchev–Trinajstić information content (AvgIpc) is 2.25. The Morgan fingerprint density at radius 3 is 2.00 bits per heavy atom. The summed E-state index contributed by atoms with van der Waals surface area (Å²) in [5.74, 6) is -2.59. The van der Waals surface area contributed by atoms with Crippen LogP contribution in [0.1, 0.15) is 27.7 Å². The zero-order chi connectivity index (χ0) is 13.4. The molecule has 17 heavy (non-hydrogen) atoms. The van der Waals surface area contributed by atoms with Crippen molar-refractivity contribution in [1.29, 1.82) is 0 Å². The molecule has 0 saturated carbocycles. The largest absolute Gasteiger partial charge is 0.465 e. The molecule has 1 unspecified atom stereocenters. The third kappa shape index (κ3) is 4.38. The summed E-state index contributed by atoms with van der Waals surface area (Å²) >= 11 is 0. The van der Waals surface area contributed by atoms with E-state index in [1.807, 2.05) is 0 Å². The average molecular weight is 242 g/mol. The second-order valence-corrected chi connectivity index (χ2v) is 3.50. The van der Waals surface area contributed by atoms with Gasteiger partial charge in [-0.25, -0.2) is 4.79 Å². The molecular weight excluding hydrogens is 224 g/mol. The van der Waals surface area contributed by atoms with E-state index < -0.39 is 17.9 Å². The van der Waals surface area contributed by atoms with Gasteiger partial charge in [0.25, 0.3) is 0 Å². The van der Waals surface area contributed by atoms with Crippen LogP contribution in [0.25, 0.3) is 0 Å². The zero-order valence-corrected chi connectivity index (χ0v) is 10.6. The Bertz CT molecular complexity index is 326. The van der Waals surface area contributed by atoms with E-state index in [1.54, 1.807) is 27.7 Å². The molecule has 0 heterocycles. The van der Waals surface area contributed by atoms with Crippen molar-refractivity contribution in [3.8, 4) is 0 Å². The lowest BCUT2D eigenvalue weighted by atomic mass is 9.96. The van der Waals surface area contributed by atoms with Gasteiger partial charge in [-0.05, 0) is 27.7 Å². The maximum absolute atomic E-state index is 11.6. The second kappa shape index (κ2) is 7.60. The number of carbonyl (C=O) groups is 3. The van der Waals surface area contributed by atoms with E-state index >= 15 is 0 Å². The van der Waals surface area contributed by atoms with Crippen LogP contribution in [-0.4, -0.2) is 31.4 Å². The van der Waals surface area contributed by atoms with E-state index in [4.69, 9.17) is 9.47 Å². The number of rotatable bonds is 6. The lowest BCUT2D eigenvalue weighted by molar-refractivity contribution is -0.151. The van der Waals surface area contributed by atoms with Gasteiger partial charge in [0.15, 0.2) is 0 Å². The number of ether oxygens (including phenoxy) is 2. The third-order valence-electron chi connectivity index (χ3n) is 2.02. The van der Waals surface area contributed by atoms with Crippen LogP contribution in [0.4, 0.5) is 0 Å². The lowest BCUT2D eigenvalue weighted by Crippen LogP contribution is -2.27.